The molecule has 2 aromatic carbocycles. The summed E-state index contributed by atoms with van der Waals surface area (Å²) in [4.78, 5) is 32.6. The van der Waals surface area contributed by atoms with Gasteiger partial charge in [-0.25, -0.2) is 19.2 Å². The fourth-order valence-corrected chi connectivity index (χ4v) is 4.07. The highest BCUT2D eigenvalue weighted by Gasteiger charge is 2.30. The lowest BCUT2D eigenvalue weighted by Gasteiger charge is -2.25. The summed E-state index contributed by atoms with van der Waals surface area (Å²) >= 11 is 0. The van der Waals surface area contributed by atoms with Gasteiger partial charge in [0.15, 0.2) is 17.3 Å². The van der Waals surface area contributed by atoms with Crippen molar-refractivity contribution in [3.8, 4) is 17.4 Å². The Labute approximate surface area is 227 Å². The van der Waals surface area contributed by atoms with Crippen LogP contribution in [0.25, 0.3) is 5.95 Å². The molecule has 5 rings (SSSR count). The average molecular weight is 551 g/mol. The van der Waals surface area contributed by atoms with Crippen LogP contribution in [0.15, 0.2) is 53.6 Å². The van der Waals surface area contributed by atoms with Crippen molar-refractivity contribution < 1.29 is 23.8 Å². The third-order valence-electron chi connectivity index (χ3n) is 5.81. The quantitative estimate of drug-likeness (QED) is 0.168. The number of nitrogens with two attached hydrogens (primary N) is 1. The van der Waals surface area contributed by atoms with Crippen molar-refractivity contribution in [2.24, 2.45) is 5.73 Å². The smallest absolute Gasteiger partial charge is 0.350 e. The molecule has 1 aliphatic heterocycles. The molecule has 0 aliphatic carbocycles. The average Bonchev–Trinajstić information content (AvgIpc) is 3.34. The van der Waals surface area contributed by atoms with Crippen molar-refractivity contribution in [3.63, 3.8) is 0 Å². The first kappa shape index (κ1) is 27.8. The van der Waals surface area contributed by atoms with Gasteiger partial charge in [0.25, 0.3) is 11.9 Å². The normalized spacial score (nSPS) is 12.7. The van der Waals surface area contributed by atoms with E-state index in [1.165, 1.54) is 25.6 Å². The first-order valence-corrected chi connectivity index (χ1v) is 12.1. The number of rotatable bonds is 7. The van der Waals surface area contributed by atoms with Crippen molar-refractivity contribution in [1.82, 2.24) is 24.7 Å². The highest BCUT2D eigenvalue weighted by atomic mass is 19.1. The Hall–Kier alpha value is -5.27. The predicted molar refractivity (Wildman–Crippen MR) is 143 cm³/mol. The van der Waals surface area contributed by atoms with Crippen molar-refractivity contribution >= 4 is 17.5 Å². The number of hydrogen-bond donors (Lipinski definition) is 5. The van der Waals surface area contributed by atoms with E-state index < -0.39 is 23.5 Å². The molecule has 0 spiro atoms. The van der Waals surface area contributed by atoms with Crippen LogP contribution in [0.4, 0.5) is 10.1 Å². The largest absolute Gasteiger partial charge is 0.493 e. The first-order chi connectivity index (χ1) is 19.2. The summed E-state index contributed by atoms with van der Waals surface area (Å²) in [6.45, 7) is 1.56. The maximum absolute atomic E-state index is 15.9. The number of anilines is 1. The van der Waals surface area contributed by atoms with E-state index in [9.17, 15) is 4.79 Å². The zero-order chi connectivity index (χ0) is 28.8. The molecule has 1 aliphatic rings. The molecule has 3 heterocycles. The number of nitrogens with zero attached hydrogens (tertiary/aromatic N) is 4. The second-order valence-electron chi connectivity index (χ2n) is 8.61. The molecular formula is C26H27FN8O5. The number of benzene rings is 2. The number of halogens is 1. The number of hydrogen-bond acceptors (Lipinski definition) is 9. The molecule has 4 aromatic rings. The second kappa shape index (κ2) is 12.1. The summed E-state index contributed by atoms with van der Waals surface area (Å²) in [7, 11) is 1.49. The van der Waals surface area contributed by atoms with Gasteiger partial charge in [-0.15, -0.1) is 9.78 Å². The number of H-pyrrole nitrogens is 1. The molecule has 40 heavy (non-hydrogen) atoms. The summed E-state index contributed by atoms with van der Waals surface area (Å²) < 4.78 is 28.2. The fraction of sp³-hybridized carbons (Fsp3) is 0.231. The second-order valence-corrected chi connectivity index (χ2v) is 8.61. The zero-order valence-electron chi connectivity index (χ0n) is 21.6. The summed E-state index contributed by atoms with van der Waals surface area (Å²) in [6.07, 6.45) is 4.12. The minimum absolute atomic E-state index is 0.0745. The number of aromatic nitrogens is 5. The first-order valence-electron chi connectivity index (χ1n) is 12.1. The predicted octanol–water partition coefficient (Wildman–Crippen LogP) is 2.40. The highest BCUT2D eigenvalue weighted by Crippen LogP contribution is 2.41. The summed E-state index contributed by atoms with van der Waals surface area (Å²) in [5, 5.41) is 22.6. The Morgan fingerprint density at radius 3 is 2.60 bits per heavy atom. The topological polar surface area (TPSA) is 194 Å². The van der Waals surface area contributed by atoms with Gasteiger partial charge in [-0.05, 0) is 49.2 Å². The minimum Gasteiger partial charge on any atom is -0.493 e. The number of carboxylic acid groups (broad SMARTS) is 1. The number of methoxy groups -OCH3 is 1. The van der Waals surface area contributed by atoms with Crippen LogP contribution in [-0.4, -0.2) is 55.4 Å². The van der Waals surface area contributed by atoms with Crippen LogP contribution in [-0.2, 0) is 11.2 Å². The molecule has 0 saturated heterocycles. The lowest BCUT2D eigenvalue weighted by Crippen LogP contribution is -2.20. The lowest BCUT2D eigenvalue weighted by molar-refractivity contribution is -0.134. The SMILES string of the molecule is CC(=O)O.COc1cc(C(Nc2ccc(C(=N)N)cc2)c2nn(-c3ncccn3)c(=O)[nH]2)c(F)c2c1OCCC2. The van der Waals surface area contributed by atoms with Gasteiger partial charge in [0, 0.05) is 41.7 Å². The maximum Gasteiger partial charge on any atom is 0.350 e. The standard InChI is InChI=1S/C24H23FN8O3.C2H4O2/c1-35-17-12-16(18(25)15-4-2-11-36-20(15)17)19(30-14-7-5-13(6-8-14)21(26)27)22-31-24(34)33(32-22)23-28-9-3-10-29-23;1-2(3)4/h3,5-10,12,19,30H,2,4,11H2,1H3,(H3,26,27)(H,31,32,34);1H3,(H,3,4). The number of carbonyl (C=O) groups is 1. The van der Waals surface area contributed by atoms with E-state index in [1.807, 2.05) is 0 Å². The molecule has 2 aromatic heterocycles. The van der Waals surface area contributed by atoms with Crippen LogP contribution in [0, 0.1) is 11.2 Å². The molecule has 0 bridgehead atoms. The minimum atomic E-state index is -0.924. The Kier molecular flexibility index (Phi) is 8.37. The Morgan fingerprint density at radius 1 is 1.30 bits per heavy atom. The Balaban J connectivity index is 0.000000867. The van der Waals surface area contributed by atoms with Crippen LogP contribution in [0.1, 0.15) is 41.9 Å². The number of nitrogen functional groups attached to an aromatic ring is 1. The van der Waals surface area contributed by atoms with Crippen molar-refractivity contribution in [1.29, 1.82) is 5.41 Å². The van der Waals surface area contributed by atoms with E-state index in [1.54, 1.807) is 30.3 Å². The van der Waals surface area contributed by atoms with E-state index >= 15 is 4.39 Å². The molecule has 0 saturated carbocycles. The van der Waals surface area contributed by atoms with Crippen molar-refractivity contribution in [3.05, 3.63) is 87.6 Å². The monoisotopic (exact) mass is 550 g/mol. The van der Waals surface area contributed by atoms with Crippen LogP contribution in [0.2, 0.25) is 0 Å². The van der Waals surface area contributed by atoms with Crippen molar-refractivity contribution in [2.75, 3.05) is 19.0 Å². The van der Waals surface area contributed by atoms with Crippen LogP contribution in [0.3, 0.4) is 0 Å². The third kappa shape index (κ3) is 6.06. The van der Waals surface area contributed by atoms with E-state index in [4.69, 9.17) is 30.5 Å². The summed E-state index contributed by atoms with van der Waals surface area (Å²) in [6, 6.07) is 8.97. The van der Waals surface area contributed by atoms with Gasteiger partial charge in [0.2, 0.25) is 0 Å². The lowest BCUT2D eigenvalue weighted by atomic mass is 9.96. The van der Waals surface area contributed by atoms with E-state index in [0.717, 1.165) is 11.6 Å². The number of aromatic amines is 1. The van der Waals surface area contributed by atoms with Gasteiger partial charge in [0.05, 0.1) is 13.7 Å². The number of ether oxygens (including phenoxy) is 2. The third-order valence-corrected chi connectivity index (χ3v) is 5.81. The van der Waals surface area contributed by atoms with Gasteiger partial charge >= 0.3 is 5.69 Å². The molecule has 0 fully saturated rings. The van der Waals surface area contributed by atoms with Gasteiger partial charge in [-0.1, -0.05) is 0 Å². The maximum atomic E-state index is 15.9. The van der Waals surface area contributed by atoms with E-state index in [2.05, 4.69) is 25.4 Å². The number of fused-ring (bicyclic) bond motifs is 1. The van der Waals surface area contributed by atoms with Gasteiger partial charge in [-0.3, -0.25) is 15.2 Å². The zero-order valence-corrected chi connectivity index (χ0v) is 21.6. The van der Waals surface area contributed by atoms with Gasteiger partial charge < -0.3 is 25.6 Å². The molecule has 13 nitrogen and oxygen atoms in total. The van der Waals surface area contributed by atoms with Crippen LogP contribution in [0.5, 0.6) is 11.5 Å². The van der Waals surface area contributed by atoms with Gasteiger partial charge in [-0.2, -0.15) is 0 Å². The fourth-order valence-electron chi connectivity index (χ4n) is 4.07. The number of carboxylic acids is 1. The molecule has 0 amide bonds. The van der Waals surface area contributed by atoms with E-state index in [-0.39, 0.29) is 23.2 Å². The molecular weight excluding hydrogens is 523 g/mol. The molecule has 208 valence electrons. The molecule has 6 N–H and O–H groups in total. The molecule has 1 unspecified atom stereocenters. The molecule has 0 radical (unpaired) electrons. The molecule has 1 atom stereocenters. The number of amidine groups is 1. The Morgan fingerprint density at radius 2 is 1.98 bits per heavy atom. The van der Waals surface area contributed by atoms with E-state index in [0.29, 0.717) is 47.8 Å². The summed E-state index contributed by atoms with van der Waals surface area (Å²) in [5.74, 6) is -0.407. The number of nitrogens with one attached hydrogen (secondary N) is 3. The van der Waals surface area contributed by atoms with Gasteiger partial charge in [0.1, 0.15) is 17.7 Å². The van der Waals surface area contributed by atoms with Crippen LogP contribution >= 0.6 is 0 Å². The van der Waals surface area contributed by atoms with Crippen LogP contribution < -0.4 is 26.2 Å². The van der Waals surface area contributed by atoms with Crippen molar-refractivity contribution in [2.45, 2.75) is 25.8 Å². The summed E-state index contributed by atoms with van der Waals surface area (Å²) in [5.41, 5.74) is 6.72. The highest BCUT2D eigenvalue weighted by molar-refractivity contribution is 5.95. The number of aliphatic carboxylic acids is 1. The molecule has 14 heteroatoms. The Bertz CT molecular complexity index is 1570.